The molecule has 0 aliphatic heterocycles. The number of carbonyl (C=O) groups is 2. The molecule has 24 heavy (non-hydrogen) atoms. The summed E-state index contributed by atoms with van der Waals surface area (Å²) in [7, 11) is 0. The van der Waals surface area contributed by atoms with Gasteiger partial charge in [-0.25, -0.2) is 4.79 Å². The van der Waals surface area contributed by atoms with Crippen LogP contribution in [0.4, 0.5) is 5.69 Å². The Morgan fingerprint density at radius 1 is 1.04 bits per heavy atom. The number of amides is 1. The van der Waals surface area contributed by atoms with E-state index in [2.05, 4.69) is 5.32 Å². The molecule has 4 nitrogen and oxygen atoms in total. The van der Waals surface area contributed by atoms with Gasteiger partial charge in [0.25, 0.3) is 5.91 Å². The molecule has 1 amide bonds. The highest BCUT2D eigenvalue weighted by Crippen LogP contribution is 2.37. The molecular formula is C16H8Cl3NO3S. The van der Waals surface area contributed by atoms with Gasteiger partial charge in [-0.3, -0.25) is 4.79 Å². The molecule has 3 rings (SSSR count). The second kappa shape index (κ2) is 6.61. The fraction of sp³-hybridized carbons (Fsp3) is 0. The van der Waals surface area contributed by atoms with Crippen LogP contribution in [0.15, 0.2) is 36.4 Å². The zero-order chi connectivity index (χ0) is 17.4. The van der Waals surface area contributed by atoms with Crippen molar-refractivity contribution in [1.82, 2.24) is 0 Å². The van der Waals surface area contributed by atoms with Crippen LogP contribution in [0.25, 0.3) is 10.1 Å². The maximum atomic E-state index is 12.5. The molecule has 0 aliphatic carbocycles. The Labute approximate surface area is 155 Å². The summed E-state index contributed by atoms with van der Waals surface area (Å²) in [6.07, 6.45) is 0. The number of hydrogen-bond donors (Lipinski definition) is 2. The highest BCUT2D eigenvalue weighted by atomic mass is 35.5. The van der Waals surface area contributed by atoms with Crippen LogP contribution in [0.3, 0.4) is 0 Å². The monoisotopic (exact) mass is 399 g/mol. The molecule has 0 atom stereocenters. The van der Waals surface area contributed by atoms with Crippen molar-refractivity contribution in [3.05, 3.63) is 61.9 Å². The summed E-state index contributed by atoms with van der Waals surface area (Å²) < 4.78 is 0.792. The summed E-state index contributed by atoms with van der Waals surface area (Å²) in [5.74, 6) is -1.61. The molecule has 2 aromatic carbocycles. The van der Waals surface area contributed by atoms with Crippen LogP contribution in [0.1, 0.15) is 20.0 Å². The highest BCUT2D eigenvalue weighted by Gasteiger charge is 2.18. The van der Waals surface area contributed by atoms with Gasteiger partial charge in [-0.15, -0.1) is 11.3 Å². The molecular weight excluding hydrogens is 393 g/mol. The average Bonchev–Trinajstić information content (AvgIpc) is 2.85. The summed E-state index contributed by atoms with van der Waals surface area (Å²) in [4.78, 5) is 23.9. The topological polar surface area (TPSA) is 66.4 Å². The number of rotatable bonds is 3. The van der Waals surface area contributed by atoms with Gasteiger partial charge in [0.2, 0.25) is 0 Å². The second-order valence-electron chi connectivity index (χ2n) is 4.84. The van der Waals surface area contributed by atoms with E-state index < -0.39 is 11.9 Å². The SMILES string of the molecule is O=C(O)c1cc(NC(=O)c2sc3cc(Cl)ccc3c2Cl)ccc1Cl. The lowest BCUT2D eigenvalue weighted by Gasteiger charge is -2.06. The number of carbonyl (C=O) groups excluding carboxylic acids is 1. The molecule has 0 saturated carbocycles. The van der Waals surface area contributed by atoms with Gasteiger partial charge >= 0.3 is 5.97 Å². The first kappa shape index (κ1) is 17.0. The fourth-order valence-corrected chi connectivity index (χ4v) is 4.03. The minimum atomic E-state index is -1.18. The Morgan fingerprint density at radius 3 is 2.50 bits per heavy atom. The van der Waals surface area contributed by atoms with Crippen LogP contribution in [0.2, 0.25) is 15.1 Å². The third kappa shape index (κ3) is 3.21. The highest BCUT2D eigenvalue weighted by molar-refractivity contribution is 7.21. The minimum Gasteiger partial charge on any atom is -0.478 e. The summed E-state index contributed by atoms with van der Waals surface area (Å²) in [6.45, 7) is 0. The lowest BCUT2D eigenvalue weighted by Crippen LogP contribution is -2.11. The van der Waals surface area contributed by atoms with E-state index in [1.807, 2.05) is 0 Å². The molecule has 0 bridgehead atoms. The van der Waals surface area contributed by atoms with E-state index in [-0.39, 0.29) is 10.6 Å². The van der Waals surface area contributed by atoms with Gasteiger partial charge in [0.15, 0.2) is 0 Å². The Balaban J connectivity index is 1.94. The molecule has 1 heterocycles. The smallest absolute Gasteiger partial charge is 0.337 e. The largest absolute Gasteiger partial charge is 0.478 e. The molecule has 0 fully saturated rings. The number of hydrogen-bond acceptors (Lipinski definition) is 3. The van der Waals surface area contributed by atoms with Crippen molar-refractivity contribution in [3.63, 3.8) is 0 Å². The van der Waals surface area contributed by atoms with E-state index >= 15 is 0 Å². The number of carboxylic acids is 1. The normalized spacial score (nSPS) is 10.8. The van der Waals surface area contributed by atoms with E-state index in [0.717, 1.165) is 10.1 Å². The lowest BCUT2D eigenvalue weighted by atomic mass is 10.2. The number of fused-ring (bicyclic) bond motifs is 1. The molecule has 0 spiro atoms. The molecule has 0 unspecified atom stereocenters. The lowest BCUT2D eigenvalue weighted by molar-refractivity contribution is 0.0696. The predicted octanol–water partition coefficient (Wildman–Crippen LogP) is 5.81. The van der Waals surface area contributed by atoms with Crippen molar-refractivity contribution < 1.29 is 14.7 Å². The number of aromatic carboxylic acids is 1. The molecule has 0 radical (unpaired) electrons. The third-order valence-electron chi connectivity index (χ3n) is 3.25. The summed E-state index contributed by atoms with van der Waals surface area (Å²) >= 11 is 19.2. The Hall–Kier alpha value is -1.79. The van der Waals surface area contributed by atoms with Crippen LogP contribution < -0.4 is 5.32 Å². The molecule has 1 aromatic heterocycles. The number of nitrogens with one attached hydrogen (secondary N) is 1. The maximum Gasteiger partial charge on any atom is 0.337 e. The van der Waals surface area contributed by atoms with Crippen molar-refractivity contribution in [1.29, 1.82) is 0 Å². The van der Waals surface area contributed by atoms with Crippen molar-refractivity contribution in [3.8, 4) is 0 Å². The minimum absolute atomic E-state index is 0.0926. The van der Waals surface area contributed by atoms with Crippen LogP contribution in [0.5, 0.6) is 0 Å². The van der Waals surface area contributed by atoms with Gasteiger partial charge in [-0.1, -0.05) is 40.9 Å². The van der Waals surface area contributed by atoms with E-state index in [1.54, 1.807) is 18.2 Å². The van der Waals surface area contributed by atoms with Crippen molar-refractivity contribution in [2.24, 2.45) is 0 Å². The summed E-state index contributed by atoms with van der Waals surface area (Å²) in [6, 6.07) is 9.40. The molecule has 122 valence electrons. The molecule has 2 N–H and O–H groups in total. The second-order valence-corrected chi connectivity index (χ2v) is 7.11. The zero-order valence-electron chi connectivity index (χ0n) is 11.8. The quantitative estimate of drug-likeness (QED) is 0.583. The van der Waals surface area contributed by atoms with Crippen molar-refractivity contribution in [2.45, 2.75) is 0 Å². The van der Waals surface area contributed by atoms with Crippen molar-refractivity contribution in [2.75, 3.05) is 5.32 Å². The molecule has 3 aromatic rings. The summed E-state index contributed by atoms with van der Waals surface area (Å²) in [5, 5.41) is 13.4. The van der Waals surface area contributed by atoms with Crippen LogP contribution >= 0.6 is 46.1 Å². The number of thiophene rings is 1. The van der Waals surface area contributed by atoms with Crippen LogP contribution in [-0.2, 0) is 0 Å². The first-order valence-electron chi connectivity index (χ1n) is 6.58. The average molecular weight is 401 g/mol. The van der Waals surface area contributed by atoms with Crippen molar-refractivity contribution >= 4 is 73.8 Å². The Morgan fingerprint density at radius 2 is 1.79 bits per heavy atom. The van der Waals surface area contributed by atoms with Gasteiger partial charge in [0.1, 0.15) is 4.88 Å². The number of carboxylic acid groups (broad SMARTS) is 1. The Bertz CT molecular complexity index is 984. The van der Waals surface area contributed by atoms with Gasteiger partial charge in [0, 0.05) is 20.8 Å². The van der Waals surface area contributed by atoms with Gasteiger partial charge in [-0.05, 0) is 30.3 Å². The fourth-order valence-electron chi connectivity index (χ4n) is 2.14. The molecule has 8 heteroatoms. The van der Waals surface area contributed by atoms with E-state index in [1.165, 1.54) is 29.5 Å². The van der Waals surface area contributed by atoms with E-state index in [0.29, 0.717) is 20.6 Å². The predicted molar refractivity (Wildman–Crippen MR) is 98.2 cm³/mol. The first-order valence-corrected chi connectivity index (χ1v) is 8.53. The van der Waals surface area contributed by atoms with E-state index in [4.69, 9.17) is 39.9 Å². The van der Waals surface area contributed by atoms with E-state index in [9.17, 15) is 9.59 Å². The standard InChI is InChI=1S/C16H8Cl3NO3S/c17-7-1-3-9-12(5-7)24-14(13(9)19)15(21)20-8-2-4-11(18)10(6-8)16(22)23/h1-6H,(H,20,21)(H,22,23). The van der Waals surface area contributed by atoms with Gasteiger partial charge in [-0.2, -0.15) is 0 Å². The third-order valence-corrected chi connectivity index (χ3v) is 5.47. The zero-order valence-corrected chi connectivity index (χ0v) is 14.9. The maximum absolute atomic E-state index is 12.5. The molecule has 0 saturated heterocycles. The Kier molecular flexibility index (Phi) is 4.69. The summed E-state index contributed by atoms with van der Waals surface area (Å²) in [5.41, 5.74) is 0.219. The van der Waals surface area contributed by atoms with Gasteiger partial charge < -0.3 is 10.4 Å². The molecule has 0 aliphatic rings. The first-order chi connectivity index (χ1) is 11.4. The number of anilines is 1. The number of benzene rings is 2. The van der Waals surface area contributed by atoms with Crippen LogP contribution in [-0.4, -0.2) is 17.0 Å². The number of halogens is 3. The van der Waals surface area contributed by atoms with Crippen LogP contribution in [0, 0.1) is 0 Å². The van der Waals surface area contributed by atoms with Gasteiger partial charge in [0.05, 0.1) is 15.6 Å².